The van der Waals surface area contributed by atoms with Crippen molar-refractivity contribution < 1.29 is 36.0 Å². The summed E-state index contributed by atoms with van der Waals surface area (Å²) in [5, 5.41) is 9.03. The topological polar surface area (TPSA) is 38.7 Å². The van der Waals surface area contributed by atoms with E-state index in [0.717, 1.165) is 37.0 Å². The van der Waals surface area contributed by atoms with Gasteiger partial charge in [-0.1, -0.05) is 96.8 Å². The number of aliphatic hydroxyl groups is 1. The minimum absolute atomic E-state index is 0. The Morgan fingerprint density at radius 1 is 0.742 bits per heavy atom. The van der Waals surface area contributed by atoms with E-state index in [9.17, 15) is 0 Å². The van der Waals surface area contributed by atoms with Crippen molar-refractivity contribution in [2.24, 2.45) is 0 Å². The largest absolute Gasteiger partial charge is 1.00 e. The molecule has 0 unspecified atom stereocenters. The molecule has 1 rings (SSSR count). The van der Waals surface area contributed by atoms with Crippen LogP contribution in [-0.2, 0) is 9.47 Å². The number of nitrogens with zero attached hydrogens (tertiary/aromatic N) is 1. The van der Waals surface area contributed by atoms with Crippen LogP contribution in [0.15, 0.2) is 0 Å². The highest BCUT2D eigenvalue weighted by Gasteiger charge is 2.31. The maximum absolute atomic E-state index is 9.03. The highest BCUT2D eigenvalue weighted by atomic mass is 79.9. The van der Waals surface area contributed by atoms with Crippen molar-refractivity contribution in [3.63, 3.8) is 0 Å². The fourth-order valence-electron chi connectivity index (χ4n) is 4.58. The number of ether oxygens (including phenoxy) is 2. The van der Waals surface area contributed by atoms with Crippen molar-refractivity contribution in [2.45, 2.75) is 128 Å². The van der Waals surface area contributed by atoms with Gasteiger partial charge in [-0.2, -0.15) is 0 Å². The van der Waals surface area contributed by atoms with Crippen molar-refractivity contribution in [3.05, 3.63) is 0 Å². The number of unbranched alkanes of at least 4 members (excludes halogenated alkanes) is 14. The Labute approximate surface area is 204 Å². The molecule has 0 amide bonds. The third kappa shape index (κ3) is 18.4. The summed E-state index contributed by atoms with van der Waals surface area (Å²) in [4.78, 5) is 0. The average Bonchev–Trinajstić information content (AvgIpc) is 3.15. The minimum atomic E-state index is 0. The van der Waals surface area contributed by atoms with Crippen molar-refractivity contribution in [3.8, 4) is 0 Å². The summed E-state index contributed by atoms with van der Waals surface area (Å²) in [6.45, 7) is 5.24. The van der Waals surface area contributed by atoms with Gasteiger partial charge in [0, 0.05) is 13.0 Å². The van der Waals surface area contributed by atoms with E-state index < -0.39 is 0 Å². The van der Waals surface area contributed by atoms with Gasteiger partial charge in [-0.05, 0) is 12.8 Å². The van der Waals surface area contributed by atoms with Crippen LogP contribution < -0.4 is 17.0 Å². The molecule has 0 bridgehead atoms. The third-order valence-electron chi connectivity index (χ3n) is 6.48. The summed E-state index contributed by atoms with van der Waals surface area (Å²) >= 11 is 0. The zero-order valence-electron chi connectivity index (χ0n) is 21.1. The van der Waals surface area contributed by atoms with Crippen LogP contribution in [0.2, 0.25) is 0 Å². The Morgan fingerprint density at radius 2 is 1.23 bits per heavy atom. The number of hydrogen-bond donors (Lipinski definition) is 1. The summed E-state index contributed by atoms with van der Waals surface area (Å²) in [5.41, 5.74) is 0. The second kappa shape index (κ2) is 20.9. The third-order valence-corrected chi connectivity index (χ3v) is 6.48. The maximum atomic E-state index is 9.03. The minimum Gasteiger partial charge on any atom is -1.00 e. The van der Waals surface area contributed by atoms with E-state index in [1.165, 1.54) is 96.3 Å². The number of rotatable bonds is 21. The van der Waals surface area contributed by atoms with Crippen molar-refractivity contribution in [1.82, 2.24) is 0 Å². The smallest absolute Gasteiger partial charge is 0.158 e. The number of quaternary nitrogens is 1. The lowest BCUT2D eigenvalue weighted by Gasteiger charge is -2.31. The first kappa shape index (κ1) is 31.3. The first-order chi connectivity index (χ1) is 14.6. The molecule has 0 aromatic heterocycles. The predicted molar refractivity (Wildman–Crippen MR) is 128 cm³/mol. The highest BCUT2D eigenvalue weighted by molar-refractivity contribution is 4.65. The number of hydrogen-bond acceptors (Lipinski definition) is 3. The van der Waals surface area contributed by atoms with Crippen LogP contribution in [0.25, 0.3) is 0 Å². The molecular weight excluding hydrogens is 454 g/mol. The SMILES string of the molecule is CCCCCCCCCCCCCCCCC[C@@H]1OC[C@@H](C[N+](C)(C)CCCO)O1.[Br-]. The molecule has 0 aromatic carbocycles. The summed E-state index contributed by atoms with van der Waals surface area (Å²) < 4.78 is 12.8. The molecular formula is C26H54BrNO3. The highest BCUT2D eigenvalue weighted by Crippen LogP contribution is 2.20. The van der Waals surface area contributed by atoms with Crippen LogP contribution in [0.3, 0.4) is 0 Å². The Kier molecular flexibility index (Phi) is 21.1. The van der Waals surface area contributed by atoms with E-state index in [1.807, 2.05) is 0 Å². The Balaban J connectivity index is 0.00000900. The molecule has 1 aliphatic heterocycles. The van der Waals surface area contributed by atoms with Gasteiger partial charge in [0.15, 0.2) is 6.29 Å². The van der Waals surface area contributed by atoms with E-state index in [2.05, 4.69) is 21.0 Å². The standard InChI is InChI=1S/C26H54NO3.BrH/c1-4-5-6-7-8-9-10-11-12-13-14-15-16-17-18-20-26-29-24-25(30-26)23-27(2,3)21-19-22-28;/h25-26,28H,4-24H2,1-3H3;1H/q+1;/p-1/t25-,26-;/m1./s1. The second-order valence-corrected chi connectivity index (χ2v) is 10.2. The van der Waals surface area contributed by atoms with Crippen LogP contribution in [0.4, 0.5) is 0 Å². The molecule has 0 aliphatic carbocycles. The van der Waals surface area contributed by atoms with E-state index in [-0.39, 0.29) is 36.0 Å². The summed E-state index contributed by atoms with van der Waals surface area (Å²) in [7, 11) is 4.42. The Bertz CT molecular complexity index is 382. The van der Waals surface area contributed by atoms with Crippen molar-refractivity contribution in [1.29, 1.82) is 0 Å². The van der Waals surface area contributed by atoms with E-state index >= 15 is 0 Å². The van der Waals surface area contributed by atoms with Crippen LogP contribution in [0, 0.1) is 0 Å². The van der Waals surface area contributed by atoms with E-state index in [1.54, 1.807) is 0 Å². The lowest BCUT2D eigenvalue weighted by molar-refractivity contribution is -0.893. The van der Waals surface area contributed by atoms with Gasteiger partial charge < -0.3 is 36.0 Å². The molecule has 1 saturated heterocycles. The van der Waals surface area contributed by atoms with Gasteiger partial charge in [-0.15, -0.1) is 0 Å². The van der Waals surface area contributed by atoms with Crippen LogP contribution in [-0.4, -0.2) is 62.4 Å². The first-order valence-corrected chi connectivity index (χ1v) is 13.3. The molecule has 31 heavy (non-hydrogen) atoms. The van der Waals surface area contributed by atoms with E-state index in [4.69, 9.17) is 14.6 Å². The Morgan fingerprint density at radius 3 is 1.71 bits per heavy atom. The van der Waals surface area contributed by atoms with Gasteiger partial charge in [-0.25, -0.2) is 0 Å². The molecule has 4 nitrogen and oxygen atoms in total. The van der Waals surface area contributed by atoms with Crippen LogP contribution in [0.5, 0.6) is 0 Å². The fourth-order valence-corrected chi connectivity index (χ4v) is 4.58. The van der Waals surface area contributed by atoms with Gasteiger partial charge in [0.1, 0.15) is 12.6 Å². The van der Waals surface area contributed by atoms with Crippen molar-refractivity contribution in [2.75, 3.05) is 40.4 Å². The fraction of sp³-hybridized carbons (Fsp3) is 1.00. The average molecular weight is 509 g/mol. The molecule has 0 radical (unpaired) electrons. The lowest BCUT2D eigenvalue weighted by Crippen LogP contribution is -3.00. The Hall–Kier alpha value is 0.320. The van der Waals surface area contributed by atoms with E-state index in [0.29, 0.717) is 0 Å². The predicted octanol–water partition coefficient (Wildman–Crippen LogP) is 3.45. The normalized spacial score (nSPS) is 19.0. The monoisotopic (exact) mass is 507 g/mol. The number of aliphatic hydroxyl groups excluding tert-OH is 1. The van der Waals surface area contributed by atoms with Crippen molar-refractivity contribution >= 4 is 0 Å². The second-order valence-electron chi connectivity index (χ2n) is 10.2. The summed E-state index contributed by atoms with van der Waals surface area (Å²) in [5.74, 6) is 0. The molecule has 1 heterocycles. The first-order valence-electron chi connectivity index (χ1n) is 13.3. The van der Waals surface area contributed by atoms with Crippen LogP contribution in [0.1, 0.15) is 116 Å². The van der Waals surface area contributed by atoms with Gasteiger partial charge in [0.25, 0.3) is 0 Å². The molecule has 2 atom stereocenters. The quantitative estimate of drug-likeness (QED) is 0.191. The van der Waals surface area contributed by atoms with Gasteiger partial charge in [-0.3, -0.25) is 0 Å². The lowest BCUT2D eigenvalue weighted by atomic mass is 10.0. The maximum Gasteiger partial charge on any atom is 0.158 e. The summed E-state index contributed by atoms with van der Waals surface area (Å²) in [6.07, 6.45) is 23.1. The molecule has 1 N–H and O–H groups in total. The molecule has 1 fully saturated rings. The van der Waals surface area contributed by atoms with Gasteiger partial charge >= 0.3 is 0 Å². The van der Waals surface area contributed by atoms with Gasteiger partial charge in [0.2, 0.25) is 0 Å². The number of likely N-dealkylation sites (N-methyl/N-ethyl adjacent to an activating group) is 1. The van der Waals surface area contributed by atoms with Crippen LogP contribution >= 0.6 is 0 Å². The van der Waals surface area contributed by atoms with Gasteiger partial charge in [0.05, 0.1) is 27.2 Å². The summed E-state index contributed by atoms with van der Waals surface area (Å²) in [6, 6.07) is 0. The molecule has 0 aromatic rings. The number of halogens is 1. The zero-order valence-corrected chi connectivity index (χ0v) is 22.7. The molecule has 188 valence electrons. The molecule has 0 spiro atoms. The zero-order chi connectivity index (χ0) is 21.9. The molecule has 5 heteroatoms. The molecule has 0 saturated carbocycles. The molecule has 1 aliphatic rings.